The van der Waals surface area contributed by atoms with E-state index >= 15 is 0 Å². The lowest BCUT2D eigenvalue weighted by Gasteiger charge is -2.39. The third kappa shape index (κ3) is 10.2. The van der Waals surface area contributed by atoms with Crippen molar-refractivity contribution in [2.45, 2.75) is 155 Å². The summed E-state index contributed by atoms with van der Waals surface area (Å²) in [6, 6.07) is 10.00. The highest BCUT2D eigenvalue weighted by Gasteiger charge is 2.48. The minimum atomic E-state index is -0.761. The number of alkyl carbamates (subject to hydrolysis) is 2. The smallest absolute Gasteiger partial charge is 0.407 e. The highest BCUT2D eigenvalue weighted by atomic mass is 16.5. The summed E-state index contributed by atoms with van der Waals surface area (Å²) in [5.41, 5.74) is 3.09. The van der Waals surface area contributed by atoms with Gasteiger partial charge in [-0.05, 0) is 139 Å². The number of aromatic nitrogens is 4. The molecule has 2 unspecified atom stereocenters. The fourth-order valence-corrected chi connectivity index (χ4v) is 11.4. The number of nitrogens with zero attached hydrogens (tertiary/aromatic N) is 4. The highest BCUT2D eigenvalue weighted by Crippen LogP contribution is 2.43. The van der Waals surface area contributed by atoms with Crippen LogP contribution in [0, 0.1) is 35.5 Å². The predicted molar refractivity (Wildman–Crippen MR) is 256 cm³/mol. The number of carbonyl (C=O) groups excluding carboxylic acids is 4. The van der Waals surface area contributed by atoms with Gasteiger partial charge in [-0.3, -0.25) is 9.59 Å². The number of aromatic amines is 2. The van der Waals surface area contributed by atoms with E-state index in [1.807, 2.05) is 68.0 Å². The predicted octanol–water partition coefficient (Wildman–Crippen LogP) is 7.81. The number of imidazole rings is 2. The van der Waals surface area contributed by atoms with Gasteiger partial charge in [-0.1, -0.05) is 38.0 Å². The fraction of sp³-hybridized carbons (Fsp3) is 0.577. The van der Waals surface area contributed by atoms with Crippen LogP contribution in [0.1, 0.15) is 129 Å². The number of likely N-dealkylation sites (tertiary alicyclic amines) is 2. The van der Waals surface area contributed by atoms with Crippen LogP contribution >= 0.6 is 0 Å². The molecule has 0 spiro atoms. The summed E-state index contributed by atoms with van der Waals surface area (Å²) in [7, 11) is 2.62. The lowest BCUT2D eigenvalue weighted by Crippen LogP contribution is -2.55. The van der Waals surface area contributed by atoms with Gasteiger partial charge in [0.2, 0.25) is 11.8 Å². The maximum Gasteiger partial charge on any atom is 0.407 e. The van der Waals surface area contributed by atoms with Gasteiger partial charge < -0.3 is 49.3 Å². The Morgan fingerprint density at radius 1 is 0.632 bits per heavy atom. The van der Waals surface area contributed by atoms with Crippen LogP contribution in [0.15, 0.2) is 48.8 Å². The van der Waals surface area contributed by atoms with Crippen molar-refractivity contribution in [1.82, 2.24) is 40.4 Å². The number of carbonyl (C=O) groups is 4. The van der Waals surface area contributed by atoms with Crippen molar-refractivity contribution < 1.29 is 38.1 Å². The van der Waals surface area contributed by atoms with E-state index in [9.17, 15) is 19.2 Å². The van der Waals surface area contributed by atoms with Gasteiger partial charge in [-0.25, -0.2) is 19.6 Å². The molecule has 4 saturated heterocycles. The molecule has 8 rings (SSSR count). The molecule has 6 heterocycles. The van der Waals surface area contributed by atoms with Crippen molar-refractivity contribution in [1.29, 1.82) is 0 Å². The Labute approximate surface area is 399 Å². The van der Waals surface area contributed by atoms with Crippen molar-refractivity contribution in [3.63, 3.8) is 0 Å². The van der Waals surface area contributed by atoms with Gasteiger partial charge in [-0.2, -0.15) is 0 Å². The normalized spacial score (nSPS) is 30.3. The molecule has 2 aromatic carbocycles. The van der Waals surface area contributed by atoms with Crippen LogP contribution in [0.4, 0.5) is 9.59 Å². The van der Waals surface area contributed by atoms with Gasteiger partial charge in [0, 0.05) is 35.6 Å². The third-order valence-electron chi connectivity index (χ3n) is 15.1. The van der Waals surface area contributed by atoms with Gasteiger partial charge in [0.1, 0.15) is 29.4 Å². The number of hydrogen-bond donors (Lipinski definition) is 4. The van der Waals surface area contributed by atoms with Crippen LogP contribution in [-0.4, -0.2) is 117 Å². The second-order valence-electron chi connectivity index (χ2n) is 20.0. The Bertz CT molecular complexity index is 2530. The summed E-state index contributed by atoms with van der Waals surface area (Å²) in [5, 5.41) is 7.80. The first kappa shape index (κ1) is 48.5. The topological polar surface area (TPSA) is 193 Å². The molecule has 4 N–H and O–H groups in total. The quantitative estimate of drug-likeness (QED) is 0.120. The minimum Gasteiger partial charge on any atom is -0.453 e. The first-order valence-electron chi connectivity index (χ1n) is 24.3. The zero-order valence-corrected chi connectivity index (χ0v) is 41.0. The summed E-state index contributed by atoms with van der Waals surface area (Å²) in [4.78, 5) is 74.7. The largest absolute Gasteiger partial charge is 0.453 e. The molecule has 0 radical (unpaired) electrons. The molecule has 4 aromatic rings. The van der Waals surface area contributed by atoms with Crippen molar-refractivity contribution in [2.24, 2.45) is 23.7 Å². The molecular formula is C52H68N8O8. The average Bonchev–Trinajstić information content (AvgIpc) is 4.11. The third-order valence-corrected chi connectivity index (χ3v) is 15.1. The Balaban J connectivity index is 0.972. The Morgan fingerprint density at radius 3 is 1.62 bits per heavy atom. The standard InChI is InChI=1S/C52H68N8O8/c1-27-17-43(59(33(27)7)49(61)45(57-51(63)65-9)39-19-29(3)67-30(4)20-39)47-53-25-41(55-47)16-12-35-11-13-37-24-38(15-14-36(37)23-35)42-26-54-48(56-42)44-18-28(2)34(8)60(44)50(62)46(58-52(64)66-10)40-21-31(5)68-32(6)22-40/h11,13-15,23-34,39-40,43-46H,17-22H2,1-10H3,(H,53,55)(H,54,56)(H,57,63)(H,58,64)/t27-,28-,29-,30+,31-,32+,33-,34-,39+,40+,43+,44+,45?,46?/m1/s1. The molecule has 0 aliphatic carbocycles. The minimum absolute atomic E-state index is 0.0347. The van der Waals surface area contributed by atoms with E-state index in [1.54, 1.807) is 6.20 Å². The van der Waals surface area contributed by atoms with Crippen LogP contribution in [0.25, 0.3) is 22.0 Å². The summed E-state index contributed by atoms with van der Waals surface area (Å²) < 4.78 is 21.9. The molecule has 16 nitrogen and oxygen atoms in total. The van der Waals surface area contributed by atoms with Crippen molar-refractivity contribution >= 4 is 34.8 Å². The second kappa shape index (κ2) is 20.4. The molecule has 16 heteroatoms. The Kier molecular flexibility index (Phi) is 14.5. The SMILES string of the molecule is COC(=O)NC(C(=O)N1[C@H](C)[C@H](C)C[C@H]1c1nc(C#Cc2ccc3cc(-c4c[nH]c([C@@H]5C[C@@H](C)[C@@H](C)N5C(=O)C(NC(=O)OC)[C@H]5C[C@@H](C)O[C@@H](C)C5)n4)ccc3c2)c[nH]1)[C@H]1C[C@@H](C)O[C@@H](C)C1. The van der Waals surface area contributed by atoms with Crippen molar-refractivity contribution in [3.05, 3.63) is 71.7 Å². The molecule has 0 saturated carbocycles. The van der Waals surface area contributed by atoms with Gasteiger partial charge in [0.05, 0.1) is 56.4 Å². The Morgan fingerprint density at radius 2 is 1.10 bits per heavy atom. The zero-order valence-electron chi connectivity index (χ0n) is 41.0. The lowest BCUT2D eigenvalue weighted by molar-refractivity contribution is -0.141. The summed E-state index contributed by atoms with van der Waals surface area (Å²) in [5.74, 6) is 7.79. The van der Waals surface area contributed by atoms with Gasteiger partial charge in [-0.15, -0.1) is 0 Å². The molecule has 4 aliphatic heterocycles. The molecule has 0 bridgehead atoms. The summed E-state index contributed by atoms with van der Waals surface area (Å²) >= 11 is 0. The van der Waals surface area contributed by atoms with Gasteiger partial charge >= 0.3 is 12.2 Å². The van der Waals surface area contributed by atoms with Crippen LogP contribution in [0.2, 0.25) is 0 Å². The maximum absolute atomic E-state index is 14.6. The summed E-state index contributed by atoms with van der Waals surface area (Å²) in [6.45, 7) is 16.4. The van der Waals surface area contributed by atoms with E-state index in [0.717, 1.165) is 34.0 Å². The van der Waals surface area contributed by atoms with Crippen molar-refractivity contribution in [2.75, 3.05) is 14.2 Å². The van der Waals surface area contributed by atoms with Crippen LogP contribution < -0.4 is 10.6 Å². The molecule has 2 aromatic heterocycles. The highest BCUT2D eigenvalue weighted by molar-refractivity contribution is 5.89. The first-order chi connectivity index (χ1) is 32.5. The number of ether oxygens (including phenoxy) is 4. The van der Waals surface area contributed by atoms with Crippen LogP contribution in [0.3, 0.4) is 0 Å². The molecule has 364 valence electrons. The zero-order chi connectivity index (χ0) is 48.6. The van der Waals surface area contributed by atoms with E-state index in [-0.39, 0.29) is 84.1 Å². The van der Waals surface area contributed by atoms with Gasteiger partial charge in [0.15, 0.2) is 0 Å². The number of benzene rings is 2. The average molecular weight is 933 g/mol. The molecular weight excluding hydrogens is 865 g/mol. The molecule has 4 amide bonds. The number of hydrogen-bond acceptors (Lipinski definition) is 10. The van der Waals surface area contributed by atoms with Gasteiger partial charge in [0.25, 0.3) is 0 Å². The number of methoxy groups -OCH3 is 2. The molecule has 4 fully saturated rings. The van der Waals surface area contributed by atoms with E-state index in [0.29, 0.717) is 49.4 Å². The first-order valence-corrected chi connectivity index (χ1v) is 24.3. The van der Waals surface area contributed by atoms with E-state index in [2.05, 4.69) is 72.3 Å². The van der Waals surface area contributed by atoms with E-state index in [1.165, 1.54) is 14.2 Å². The second-order valence-corrected chi connectivity index (χ2v) is 20.0. The Hall–Kier alpha value is -5.92. The van der Waals surface area contributed by atoms with Crippen molar-refractivity contribution in [3.8, 4) is 23.1 Å². The maximum atomic E-state index is 14.6. The molecule has 14 atom stereocenters. The lowest BCUT2D eigenvalue weighted by atomic mass is 9.85. The number of H-pyrrole nitrogens is 2. The van der Waals surface area contributed by atoms with E-state index in [4.69, 9.17) is 28.9 Å². The summed E-state index contributed by atoms with van der Waals surface area (Å²) in [6.07, 6.45) is 6.32. The van der Waals surface area contributed by atoms with Crippen LogP contribution in [-0.2, 0) is 28.5 Å². The van der Waals surface area contributed by atoms with Crippen LogP contribution in [0.5, 0.6) is 0 Å². The number of fused-ring (bicyclic) bond motifs is 1. The number of nitrogens with one attached hydrogen (secondary N) is 4. The van der Waals surface area contributed by atoms with E-state index < -0.39 is 24.3 Å². The number of amides is 4. The molecule has 4 aliphatic rings. The fourth-order valence-electron chi connectivity index (χ4n) is 11.4. The molecule has 68 heavy (non-hydrogen) atoms. The monoisotopic (exact) mass is 933 g/mol. The number of rotatable bonds is 9.